The number of aliphatic hydroxyl groups excluding tert-OH is 1. The van der Waals surface area contributed by atoms with Gasteiger partial charge in [0.25, 0.3) is 0 Å². The molecule has 3 rings (SSSR count). The van der Waals surface area contributed by atoms with E-state index in [2.05, 4.69) is 75.7 Å². The second kappa shape index (κ2) is 5.43. The summed E-state index contributed by atoms with van der Waals surface area (Å²) in [6.45, 7) is 14.5. The van der Waals surface area contributed by atoms with Crippen LogP contribution in [0, 0.1) is 0 Å². The minimum Gasteiger partial charge on any atom is -0.395 e. The molecule has 0 saturated heterocycles. The summed E-state index contributed by atoms with van der Waals surface area (Å²) in [5.41, 5.74) is 5.30. The van der Waals surface area contributed by atoms with Gasteiger partial charge in [-0.15, -0.1) is 0 Å². The lowest BCUT2D eigenvalue weighted by atomic mass is 9.98. The van der Waals surface area contributed by atoms with Crippen molar-refractivity contribution >= 4 is 26.5 Å². The van der Waals surface area contributed by atoms with Crippen LogP contribution in [0.25, 0.3) is 11.1 Å². The zero-order valence-electron chi connectivity index (χ0n) is 15.2. The first kappa shape index (κ1) is 16.7. The number of hydrogen-bond donors (Lipinski definition) is 1. The second-order valence-corrected chi connectivity index (χ2v) is 19.0. The van der Waals surface area contributed by atoms with Crippen LogP contribution in [0.4, 0.5) is 0 Å². The summed E-state index contributed by atoms with van der Waals surface area (Å²) in [6, 6.07) is 13.9. The normalized spacial score (nSPS) is 14.7. The average Bonchev–Trinajstić information content (AvgIpc) is 2.77. The van der Waals surface area contributed by atoms with Crippen LogP contribution in [0.1, 0.15) is 17.0 Å². The van der Waals surface area contributed by atoms with Gasteiger partial charge in [0.1, 0.15) is 0 Å². The summed E-state index contributed by atoms with van der Waals surface area (Å²) >= 11 is 0. The van der Waals surface area contributed by atoms with E-state index in [1.165, 1.54) is 32.6 Å². The first-order valence-corrected chi connectivity index (χ1v) is 15.5. The van der Waals surface area contributed by atoms with Crippen molar-refractivity contribution in [2.24, 2.45) is 0 Å². The lowest BCUT2D eigenvalue weighted by molar-refractivity contribution is 0.282. The maximum absolute atomic E-state index is 10.1. The predicted molar refractivity (Wildman–Crippen MR) is 107 cm³/mol. The highest BCUT2D eigenvalue weighted by Crippen LogP contribution is 2.44. The van der Waals surface area contributed by atoms with Crippen molar-refractivity contribution < 1.29 is 5.11 Å². The number of rotatable bonds is 3. The van der Waals surface area contributed by atoms with Crippen molar-refractivity contribution in [1.29, 1.82) is 0 Å². The van der Waals surface area contributed by atoms with Crippen molar-refractivity contribution in [3.63, 3.8) is 0 Å². The molecular weight excluding hydrogens is 312 g/mol. The smallest absolute Gasteiger partial charge is 0.0776 e. The van der Waals surface area contributed by atoms with Gasteiger partial charge in [-0.1, -0.05) is 86.1 Å². The number of fused-ring (bicyclic) bond motifs is 3. The van der Waals surface area contributed by atoms with E-state index in [1.54, 1.807) is 0 Å². The Balaban J connectivity index is 2.17. The van der Waals surface area contributed by atoms with Gasteiger partial charge in [-0.3, -0.25) is 0 Å². The average molecular weight is 341 g/mol. The second-order valence-electron chi connectivity index (χ2n) is 8.84. The van der Waals surface area contributed by atoms with E-state index >= 15 is 0 Å². The molecule has 0 spiro atoms. The van der Waals surface area contributed by atoms with Gasteiger partial charge >= 0.3 is 0 Å². The molecule has 2 aromatic carbocycles. The predicted octanol–water partition coefficient (Wildman–Crippen LogP) is 3.88. The summed E-state index contributed by atoms with van der Waals surface area (Å²) in [5.74, 6) is 0.146. The van der Waals surface area contributed by atoms with Gasteiger partial charge in [0.2, 0.25) is 0 Å². The van der Waals surface area contributed by atoms with E-state index < -0.39 is 16.1 Å². The molecule has 0 saturated carbocycles. The molecule has 1 N–H and O–H groups in total. The fraction of sp³-hybridized carbons (Fsp3) is 0.400. The van der Waals surface area contributed by atoms with Gasteiger partial charge in [-0.25, -0.2) is 0 Å². The Morgan fingerprint density at radius 3 is 1.43 bits per heavy atom. The molecule has 0 radical (unpaired) electrons. The van der Waals surface area contributed by atoms with Gasteiger partial charge in [0, 0.05) is 5.92 Å². The van der Waals surface area contributed by atoms with Crippen LogP contribution in [0.2, 0.25) is 39.3 Å². The molecule has 0 atom stereocenters. The summed E-state index contributed by atoms with van der Waals surface area (Å²) in [6.07, 6.45) is 0. The highest BCUT2D eigenvalue weighted by molar-refractivity contribution is 6.89. The highest BCUT2D eigenvalue weighted by Gasteiger charge is 2.31. The van der Waals surface area contributed by atoms with Crippen LogP contribution < -0.4 is 10.4 Å². The van der Waals surface area contributed by atoms with Gasteiger partial charge < -0.3 is 5.11 Å². The van der Waals surface area contributed by atoms with Crippen molar-refractivity contribution in [2.75, 3.05) is 6.61 Å². The fourth-order valence-electron chi connectivity index (χ4n) is 3.49. The molecule has 0 aromatic heterocycles. The molecule has 0 heterocycles. The summed E-state index contributed by atoms with van der Waals surface area (Å²) in [4.78, 5) is 0. The maximum atomic E-state index is 10.1. The Labute approximate surface area is 142 Å². The van der Waals surface area contributed by atoms with E-state index in [0.717, 1.165) is 0 Å². The third kappa shape index (κ3) is 2.86. The molecule has 0 fully saturated rings. The van der Waals surface area contributed by atoms with Crippen molar-refractivity contribution in [2.45, 2.75) is 45.2 Å². The fourth-order valence-corrected chi connectivity index (χ4v) is 5.83. The standard InChI is InChI=1S/C20H28OSi2/c1-22(2,3)14-7-9-16-17-10-8-15(23(4,5)6)12-19(17)20(13-21)18(16)11-14/h7-12,20-21H,13H2,1-6H3. The molecular formula is C20H28OSi2. The minimum atomic E-state index is -1.34. The molecule has 0 aliphatic heterocycles. The van der Waals surface area contributed by atoms with Crippen molar-refractivity contribution in [3.8, 4) is 11.1 Å². The monoisotopic (exact) mass is 340 g/mol. The molecule has 0 unspecified atom stereocenters. The lowest BCUT2D eigenvalue weighted by Crippen LogP contribution is -2.38. The molecule has 122 valence electrons. The number of benzene rings is 2. The quantitative estimate of drug-likeness (QED) is 0.841. The van der Waals surface area contributed by atoms with Gasteiger partial charge in [-0.2, -0.15) is 0 Å². The molecule has 0 bridgehead atoms. The molecule has 23 heavy (non-hydrogen) atoms. The van der Waals surface area contributed by atoms with Crippen LogP contribution in [0.5, 0.6) is 0 Å². The van der Waals surface area contributed by atoms with Gasteiger partial charge in [-0.05, 0) is 22.3 Å². The van der Waals surface area contributed by atoms with Crippen LogP contribution in [-0.4, -0.2) is 27.9 Å². The van der Waals surface area contributed by atoms with E-state index in [0.29, 0.717) is 0 Å². The third-order valence-electron chi connectivity index (χ3n) is 5.06. The van der Waals surface area contributed by atoms with E-state index in [9.17, 15) is 5.11 Å². The molecule has 1 aliphatic carbocycles. The molecule has 3 heteroatoms. The highest BCUT2D eigenvalue weighted by atomic mass is 28.3. The SMILES string of the molecule is C[Si](C)(C)c1ccc2c(c1)C(CO)c1cc([Si](C)(C)C)ccc1-2. The van der Waals surface area contributed by atoms with E-state index in [4.69, 9.17) is 0 Å². The van der Waals surface area contributed by atoms with E-state index in [-0.39, 0.29) is 12.5 Å². The Hall–Kier alpha value is -1.17. The molecule has 2 aromatic rings. The lowest BCUT2D eigenvalue weighted by Gasteiger charge is -2.20. The summed E-state index contributed by atoms with van der Waals surface area (Å²) < 4.78 is 0. The minimum absolute atomic E-state index is 0.146. The van der Waals surface area contributed by atoms with Crippen molar-refractivity contribution in [1.82, 2.24) is 0 Å². The Morgan fingerprint density at radius 1 is 0.739 bits per heavy atom. The Morgan fingerprint density at radius 2 is 1.13 bits per heavy atom. The van der Waals surface area contributed by atoms with Crippen LogP contribution >= 0.6 is 0 Å². The number of hydrogen-bond acceptors (Lipinski definition) is 1. The van der Waals surface area contributed by atoms with Crippen LogP contribution in [-0.2, 0) is 0 Å². The summed E-state index contributed by atoms with van der Waals surface area (Å²) in [5, 5.41) is 13.0. The first-order chi connectivity index (χ1) is 10.6. The number of aliphatic hydroxyl groups is 1. The van der Waals surface area contributed by atoms with Gasteiger partial charge in [0.05, 0.1) is 22.8 Å². The zero-order valence-corrected chi connectivity index (χ0v) is 17.2. The van der Waals surface area contributed by atoms with Crippen LogP contribution in [0.3, 0.4) is 0 Å². The molecule has 1 aliphatic rings. The molecule has 0 amide bonds. The first-order valence-electron chi connectivity index (χ1n) is 8.53. The largest absolute Gasteiger partial charge is 0.395 e. The Bertz CT molecular complexity index is 688. The van der Waals surface area contributed by atoms with Crippen molar-refractivity contribution in [3.05, 3.63) is 47.5 Å². The maximum Gasteiger partial charge on any atom is 0.0776 e. The third-order valence-corrected chi connectivity index (χ3v) is 9.14. The Kier molecular flexibility index (Phi) is 3.94. The topological polar surface area (TPSA) is 20.2 Å². The molecule has 1 nitrogen and oxygen atoms in total. The van der Waals surface area contributed by atoms with Crippen LogP contribution in [0.15, 0.2) is 36.4 Å². The summed E-state index contributed by atoms with van der Waals surface area (Å²) in [7, 11) is -2.67. The van der Waals surface area contributed by atoms with Gasteiger partial charge in [0.15, 0.2) is 0 Å². The van der Waals surface area contributed by atoms with E-state index in [1.807, 2.05) is 0 Å². The zero-order chi connectivity index (χ0) is 17.0.